The van der Waals surface area contributed by atoms with Crippen molar-refractivity contribution in [1.29, 1.82) is 0 Å². The summed E-state index contributed by atoms with van der Waals surface area (Å²) in [4.78, 5) is 10.8. The average Bonchev–Trinajstić information content (AvgIpc) is 3.66. The van der Waals surface area contributed by atoms with E-state index in [1.807, 2.05) is 37.3 Å². The third-order valence-corrected chi connectivity index (χ3v) is 8.69. The molecule has 5 aromatic carbocycles. The Kier molecular flexibility index (Phi) is 6.75. The van der Waals surface area contributed by atoms with Gasteiger partial charge in [-0.3, -0.25) is 0 Å². The van der Waals surface area contributed by atoms with Crippen molar-refractivity contribution in [3.05, 3.63) is 152 Å². The van der Waals surface area contributed by atoms with Crippen LogP contribution >= 0.6 is 11.3 Å². The van der Waals surface area contributed by atoms with Crippen molar-refractivity contribution in [3.8, 4) is 21.7 Å². The highest BCUT2D eigenvalue weighted by Gasteiger charge is 2.15. The lowest BCUT2D eigenvalue weighted by Crippen LogP contribution is -2.14. The van der Waals surface area contributed by atoms with E-state index in [1.165, 1.54) is 26.6 Å². The largest absolute Gasteiger partial charge is 0.353 e. The van der Waals surface area contributed by atoms with Gasteiger partial charge in [0.15, 0.2) is 0 Å². The van der Waals surface area contributed by atoms with Gasteiger partial charge in [-0.15, -0.1) is 11.3 Å². The number of aromatic amines is 1. The monoisotopic (exact) mass is 559 g/mol. The highest BCUT2D eigenvalue weighted by Crippen LogP contribution is 2.39. The lowest BCUT2D eigenvalue weighted by atomic mass is 10.0. The molecule has 0 aliphatic heterocycles. The Bertz CT molecular complexity index is 2100. The van der Waals surface area contributed by atoms with Crippen molar-refractivity contribution in [2.24, 2.45) is 0 Å². The van der Waals surface area contributed by atoms with Gasteiger partial charge in [0.05, 0.1) is 15.7 Å². The van der Waals surface area contributed by atoms with Gasteiger partial charge in [0.2, 0.25) is 0 Å². The van der Waals surface area contributed by atoms with E-state index >= 15 is 0 Å². The van der Waals surface area contributed by atoms with Crippen LogP contribution in [0.2, 0.25) is 0 Å². The number of aromatic nitrogens is 2. The number of para-hydroxylation sites is 1. The number of H-pyrrole nitrogens is 1. The Morgan fingerprint density at radius 1 is 0.762 bits per heavy atom. The Morgan fingerprint density at radius 2 is 1.48 bits per heavy atom. The molecule has 0 fully saturated rings. The van der Waals surface area contributed by atoms with Crippen molar-refractivity contribution in [1.82, 2.24) is 9.97 Å². The van der Waals surface area contributed by atoms with Crippen molar-refractivity contribution in [2.45, 2.75) is 6.92 Å². The number of allylic oxidation sites excluding steroid dienone is 4. The molecule has 4 heteroatoms. The Hall–Kier alpha value is -5.19. The van der Waals surface area contributed by atoms with E-state index in [4.69, 9.17) is 4.98 Å². The summed E-state index contributed by atoms with van der Waals surface area (Å²) in [6.45, 7) is 6.10. The van der Waals surface area contributed by atoms with Gasteiger partial charge >= 0.3 is 0 Å². The summed E-state index contributed by atoms with van der Waals surface area (Å²) in [6, 6.07) is 40.6. The van der Waals surface area contributed by atoms with E-state index in [-0.39, 0.29) is 0 Å². The smallest absolute Gasteiger partial charge is 0.124 e. The maximum Gasteiger partial charge on any atom is 0.124 e. The molecule has 0 saturated carbocycles. The van der Waals surface area contributed by atoms with Gasteiger partial charge in [-0.25, -0.2) is 4.98 Å². The molecular formula is C38H29N3S. The zero-order valence-corrected chi connectivity index (χ0v) is 24.1. The summed E-state index contributed by atoms with van der Waals surface area (Å²) in [5.41, 5.74) is 10.00. The van der Waals surface area contributed by atoms with Gasteiger partial charge in [-0.2, -0.15) is 0 Å². The zero-order valence-electron chi connectivity index (χ0n) is 23.3. The number of nitrogens with one attached hydrogen (secondary N) is 1. The summed E-state index contributed by atoms with van der Waals surface area (Å²) >= 11 is 1.74. The Balaban J connectivity index is 1.28. The van der Waals surface area contributed by atoms with Crippen molar-refractivity contribution >= 4 is 54.7 Å². The minimum atomic E-state index is 1.01. The number of thiazole rings is 1. The number of benzene rings is 5. The maximum absolute atomic E-state index is 4.93. The molecule has 1 N–H and O–H groups in total. The number of rotatable bonds is 7. The van der Waals surface area contributed by atoms with E-state index in [0.717, 1.165) is 44.2 Å². The van der Waals surface area contributed by atoms with Crippen molar-refractivity contribution in [3.63, 3.8) is 0 Å². The number of anilines is 2. The SMILES string of the molecule is C=C/C(=C\C=C/C)N(c1ccccc1)c1ccc(-c2ccc3[nH]c4c(ccc5nc(-c6ccccc6)sc54)c3c2)cc1. The van der Waals surface area contributed by atoms with Gasteiger partial charge in [-0.1, -0.05) is 85.5 Å². The molecule has 0 spiro atoms. The molecule has 2 heterocycles. The van der Waals surface area contributed by atoms with Crippen molar-refractivity contribution in [2.75, 3.05) is 4.90 Å². The number of nitrogens with zero attached hydrogens (tertiary/aromatic N) is 2. The normalized spacial score (nSPS) is 12.1. The molecule has 0 aliphatic rings. The molecule has 0 atom stereocenters. The van der Waals surface area contributed by atoms with Gasteiger partial charge in [0.25, 0.3) is 0 Å². The third-order valence-electron chi connectivity index (χ3n) is 7.55. The fourth-order valence-electron chi connectivity index (χ4n) is 5.49. The van der Waals surface area contributed by atoms with Crippen LogP contribution < -0.4 is 4.90 Å². The molecule has 0 bridgehead atoms. The molecule has 7 aromatic rings. The minimum absolute atomic E-state index is 1.01. The Morgan fingerprint density at radius 3 is 2.21 bits per heavy atom. The molecule has 0 amide bonds. The second kappa shape index (κ2) is 11.0. The fourth-order valence-corrected chi connectivity index (χ4v) is 6.56. The fraction of sp³-hybridized carbons (Fsp3) is 0.0263. The van der Waals surface area contributed by atoms with Crippen LogP contribution in [0.3, 0.4) is 0 Å². The van der Waals surface area contributed by atoms with E-state index in [9.17, 15) is 0 Å². The molecular weight excluding hydrogens is 531 g/mol. The lowest BCUT2D eigenvalue weighted by molar-refractivity contribution is 1.21. The highest BCUT2D eigenvalue weighted by molar-refractivity contribution is 7.22. The summed E-state index contributed by atoms with van der Waals surface area (Å²) in [5.74, 6) is 0. The van der Waals surface area contributed by atoms with Crippen LogP contribution in [-0.2, 0) is 0 Å². The zero-order chi connectivity index (χ0) is 28.5. The summed E-state index contributed by atoms with van der Waals surface area (Å²) < 4.78 is 1.19. The van der Waals surface area contributed by atoms with Crippen LogP contribution in [0.4, 0.5) is 11.4 Å². The molecule has 3 nitrogen and oxygen atoms in total. The Labute approximate surface area is 249 Å². The second-order valence-corrected chi connectivity index (χ2v) is 11.1. The average molecular weight is 560 g/mol. The van der Waals surface area contributed by atoms with E-state index in [1.54, 1.807) is 11.3 Å². The standard InChI is InChI=1S/C38H29N3S/c1-3-5-14-29(4-2)41(30-15-10-7-11-16-30)31-20-17-26(18-21-31)28-19-23-34-33(25-28)32-22-24-35-37(36(32)39-34)42-38(40-35)27-12-8-6-9-13-27/h3-25,39H,2H2,1H3/b5-3-,29-14+. The van der Waals surface area contributed by atoms with E-state index < -0.39 is 0 Å². The number of hydrogen-bond donors (Lipinski definition) is 1. The molecule has 42 heavy (non-hydrogen) atoms. The molecule has 2 aromatic heterocycles. The van der Waals surface area contributed by atoms with Crippen molar-refractivity contribution < 1.29 is 0 Å². The predicted molar refractivity (Wildman–Crippen MR) is 182 cm³/mol. The summed E-state index contributed by atoms with van der Waals surface area (Å²) in [7, 11) is 0. The summed E-state index contributed by atoms with van der Waals surface area (Å²) in [5, 5.41) is 3.48. The van der Waals surface area contributed by atoms with Crippen LogP contribution in [0.1, 0.15) is 6.92 Å². The quantitative estimate of drug-likeness (QED) is 0.197. The highest BCUT2D eigenvalue weighted by atomic mass is 32.1. The number of hydrogen-bond acceptors (Lipinski definition) is 3. The van der Waals surface area contributed by atoms with E-state index in [2.05, 4.69) is 126 Å². The van der Waals surface area contributed by atoms with Gasteiger partial charge in [0.1, 0.15) is 5.01 Å². The first kappa shape index (κ1) is 25.8. The molecule has 0 saturated heterocycles. The molecule has 0 aliphatic carbocycles. The molecule has 202 valence electrons. The first-order valence-corrected chi connectivity index (χ1v) is 14.9. The molecule has 7 rings (SSSR count). The lowest BCUT2D eigenvalue weighted by Gasteiger charge is -2.26. The minimum Gasteiger partial charge on any atom is -0.353 e. The number of fused-ring (bicyclic) bond motifs is 5. The predicted octanol–water partition coefficient (Wildman–Crippen LogP) is 11.0. The van der Waals surface area contributed by atoms with Crippen LogP contribution in [0.25, 0.3) is 53.7 Å². The van der Waals surface area contributed by atoms with Gasteiger partial charge in [-0.05, 0) is 78.7 Å². The second-order valence-electron chi connectivity index (χ2n) is 10.1. The van der Waals surface area contributed by atoms with Crippen LogP contribution in [-0.4, -0.2) is 9.97 Å². The van der Waals surface area contributed by atoms with Crippen LogP contribution in [0, 0.1) is 0 Å². The molecule has 0 radical (unpaired) electrons. The van der Waals surface area contributed by atoms with E-state index in [0.29, 0.717) is 0 Å². The van der Waals surface area contributed by atoms with Crippen LogP contribution in [0.15, 0.2) is 152 Å². The third kappa shape index (κ3) is 4.62. The maximum atomic E-state index is 4.93. The molecule has 0 unspecified atom stereocenters. The van der Waals surface area contributed by atoms with Gasteiger partial charge in [0, 0.05) is 38.9 Å². The van der Waals surface area contributed by atoms with Gasteiger partial charge < -0.3 is 9.88 Å². The van der Waals surface area contributed by atoms with Crippen LogP contribution in [0.5, 0.6) is 0 Å². The topological polar surface area (TPSA) is 31.9 Å². The first-order valence-electron chi connectivity index (χ1n) is 14.0. The first-order chi connectivity index (χ1) is 20.7. The summed E-state index contributed by atoms with van der Waals surface area (Å²) in [6.07, 6.45) is 8.05.